The molecule has 1 aliphatic heterocycles. The topological polar surface area (TPSA) is 87.7 Å². The van der Waals surface area contributed by atoms with Crippen molar-refractivity contribution in [3.05, 3.63) is 0 Å². The first kappa shape index (κ1) is 13.8. The number of aliphatic carboxylic acids is 1. The highest BCUT2D eigenvalue weighted by atomic mass is 16.5. The molecule has 0 aromatic heterocycles. The van der Waals surface area contributed by atoms with Gasteiger partial charge in [0.25, 0.3) is 0 Å². The molecule has 0 aromatic rings. The van der Waals surface area contributed by atoms with E-state index in [2.05, 4.69) is 10.6 Å². The van der Waals surface area contributed by atoms with Crippen molar-refractivity contribution in [3.63, 3.8) is 0 Å². The van der Waals surface area contributed by atoms with Crippen molar-refractivity contribution < 1.29 is 19.4 Å². The summed E-state index contributed by atoms with van der Waals surface area (Å²) >= 11 is 0. The average Bonchev–Trinajstić information content (AvgIpc) is 2.78. The Morgan fingerprint density at radius 3 is 2.82 bits per heavy atom. The van der Waals surface area contributed by atoms with Gasteiger partial charge in [0.2, 0.25) is 0 Å². The highest BCUT2D eigenvalue weighted by Gasteiger charge is 2.20. The highest BCUT2D eigenvalue weighted by Crippen LogP contribution is 2.10. The van der Waals surface area contributed by atoms with Crippen LogP contribution in [0.15, 0.2) is 0 Å². The van der Waals surface area contributed by atoms with Crippen LogP contribution in [0.4, 0.5) is 4.79 Å². The molecule has 0 bridgehead atoms. The van der Waals surface area contributed by atoms with E-state index in [1.165, 1.54) is 0 Å². The first-order valence-corrected chi connectivity index (χ1v) is 5.98. The molecule has 0 radical (unpaired) electrons. The Labute approximate surface area is 101 Å². The Kier molecular flexibility index (Phi) is 5.76. The molecule has 1 fully saturated rings. The van der Waals surface area contributed by atoms with E-state index < -0.39 is 18.0 Å². The molecule has 98 valence electrons. The van der Waals surface area contributed by atoms with Crippen LogP contribution in [0.25, 0.3) is 0 Å². The van der Waals surface area contributed by atoms with E-state index in [1.807, 2.05) is 6.92 Å². The van der Waals surface area contributed by atoms with Gasteiger partial charge in [0, 0.05) is 19.1 Å². The summed E-state index contributed by atoms with van der Waals surface area (Å²) in [5.74, 6) is -0.651. The van der Waals surface area contributed by atoms with E-state index in [-0.39, 0.29) is 0 Å². The van der Waals surface area contributed by atoms with Crippen LogP contribution in [0, 0.1) is 5.92 Å². The molecule has 1 rings (SSSR count). The standard InChI is InChI=1S/C11H20N2O4/c1-2-3-9(10(14)15)13-11(16)12-6-8-4-5-17-7-8/h8-9H,2-7H2,1H3,(H,14,15)(H2,12,13,16)/t8?,9-/m0/s1. The van der Waals surface area contributed by atoms with Crippen molar-refractivity contribution in [2.45, 2.75) is 32.2 Å². The van der Waals surface area contributed by atoms with Crippen molar-refractivity contribution in [2.75, 3.05) is 19.8 Å². The van der Waals surface area contributed by atoms with E-state index in [1.54, 1.807) is 0 Å². The molecule has 1 aliphatic rings. The molecule has 17 heavy (non-hydrogen) atoms. The lowest BCUT2D eigenvalue weighted by molar-refractivity contribution is -0.139. The second kappa shape index (κ2) is 7.11. The first-order valence-electron chi connectivity index (χ1n) is 5.98. The summed E-state index contributed by atoms with van der Waals surface area (Å²) in [6, 6.07) is -1.22. The zero-order chi connectivity index (χ0) is 12.7. The lowest BCUT2D eigenvalue weighted by atomic mass is 10.1. The maximum Gasteiger partial charge on any atom is 0.326 e. The number of carbonyl (C=O) groups excluding carboxylic acids is 1. The molecule has 2 amide bonds. The van der Waals surface area contributed by atoms with Crippen LogP contribution in [0.5, 0.6) is 0 Å². The van der Waals surface area contributed by atoms with Crippen molar-refractivity contribution >= 4 is 12.0 Å². The quantitative estimate of drug-likeness (QED) is 0.637. The normalized spacial score (nSPS) is 20.9. The fourth-order valence-electron chi connectivity index (χ4n) is 1.74. The summed E-state index contributed by atoms with van der Waals surface area (Å²) in [4.78, 5) is 22.3. The molecule has 0 saturated carbocycles. The van der Waals surface area contributed by atoms with Crippen LogP contribution in [0.3, 0.4) is 0 Å². The average molecular weight is 244 g/mol. The third-order valence-electron chi connectivity index (χ3n) is 2.76. The molecule has 0 aromatic carbocycles. The van der Waals surface area contributed by atoms with Gasteiger partial charge in [0.15, 0.2) is 0 Å². The predicted octanol–water partition coefficient (Wildman–Crippen LogP) is 0.575. The SMILES string of the molecule is CCC[C@H](NC(=O)NCC1CCOC1)C(=O)O. The predicted molar refractivity (Wildman–Crippen MR) is 61.8 cm³/mol. The van der Waals surface area contributed by atoms with Crippen molar-refractivity contribution in [1.82, 2.24) is 10.6 Å². The zero-order valence-electron chi connectivity index (χ0n) is 10.1. The summed E-state index contributed by atoms with van der Waals surface area (Å²) in [6.07, 6.45) is 2.10. The molecule has 3 N–H and O–H groups in total. The van der Waals surface area contributed by atoms with Gasteiger partial charge in [-0.25, -0.2) is 9.59 Å². The number of rotatable bonds is 6. The summed E-state index contributed by atoms with van der Waals surface area (Å²) in [6.45, 7) is 3.81. The lowest BCUT2D eigenvalue weighted by Gasteiger charge is -2.15. The maximum absolute atomic E-state index is 11.5. The molecule has 1 unspecified atom stereocenters. The van der Waals surface area contributed by atoms with Gasteiger partial charge in [-0.05, 0) is 12.8 Å². The molecule has 1 saturated heterocycles. The van der Waals surface area contributed by atoms with Crippen LogP contribution in [0.2, 0.25) is 0 Å². The van der Waals surface area contributed by atoms with E-state index in [4.69, 9.17) is 9.84 Å². The van der Waals surface area contributed by atoms with Gasteiger partial charge < -0.3 is 20.5 Å². The molecule has 2 atom stereocenters. The van der Waals surface area contributed by atoms with Gasteiger partial charge in [-0.15, -0.1) is 0 Å². The van der Waals surface area contributed by atoms with E-state index in [0.717, 1.165) is 13.0 Å². The molecular weight excluding hydrogens is 224 g/mol. The lowest BCUT2D eigenvalue weighted by Crippen LogP contribution is -2.47. The van der Waals surface area contributed by atoms with Gasteiger partial charge in [-0.3, -0.25) is 0 Å². The van der Waals surface area contributed by atoms with E-state index >= 15 is 0 Å². The summed E-state index contributed by atoms with van der Waals surface area (Å²) < 4.78 is 5.18. The fourth-order valence-corrected chi connectivity index (χ4v) is 1.74. The molecule has 6 nitrogen and oxygen atoms in total. The van der Waals surface area contributed by atoms with Gasteiger partial charge in [0.05, 0.1) is 6.61 Å². The Bertz CT molecular complexity index is 264. The minimum atomic E-state index is -0.994. The Balaban J connectivity index is 2.23. The minimum absolute atomic E-state index is 0.343. The number of amides is 2. The monoisotopic (exact) mass is 244 g/mol. The van der Waals surface area contributed by atoms with Crippen LogP contribution in [-0.4, -0.2) is 42.9 Å². The van der Waals surface area contributed by atoms with Crippen molar-refractivity contribution in [2.24, 2.45) is 5.92 Å². The second-order valence-electron chi connectivity index (χ2n) is 4.26. The number of carboxylic acids is 1. The Morgan fingerprint density at radius 2 is 2.29 bits per heavy atom. The van der Waals surface area contributed by atoms with Crippen molar-refractivity contribution in [3.8, 4) is 0 Å². The van der Waals surface area contributed by atoms with E-state index in [0.29, 0.717) is 31.9 Å². The van der Waals surface area contributed by atoms with Crippen LogP contribution in [-0.2, 0) is 9.53 Å². The molecule has 6 heteroatoms. The van der Waals surface area contributed by atoms with Gasteiger partial charge in [-0.2, -0.15) is 0 Å². The zero-order valence-corrected chi connectivity index (χ0v) is 10.1. The van der Waals surface area contributed by atoms with Gasteiger partial charge in [-0.1, -0.05) is 13.3 Å². The number of hydrogen-bond donors (Lipinski definition) is 3. The molecule has 1 heterocycles. The fraction of sp³-hybridized carbons (Fsp3) is 0.818. The third kappa shape index (κ3) is 5.04. The number of urea groups is 1. The minimum Gasteiger partial charge on any atom is -0.480 e. The molecular formula is C11H20N2O4. The third-order valence-corrected chi connectivity index (χ3v) is 2.76. The first-order chi connectivity index (χ1) is 8.13. The largest absolute Gasteiger partial charge is 0.480 e. The summed E-state index contributed by atoms with van der Waals surface area (Å²) in [5, 5.41) is 14.0. The number of carbonyl (C=O) groups is 2. The van der Waals surface area contributed by atoms with Gasteiger partial charge in [0.1, 0.15) is 6.04 Å². The maximum atomic E-state index is 11.5. The van der Waals surface area contributed by atoms with Gasteiger partial charge >= 0.3 is 12.0 Å². The smallest absolute Gasteiger partial charge is 0.326 e. The van der Waals surface area contributed by atoms with Crippen LogP contribution >= 0.6 is 0 Å². The Hall–Kier alpha value is -1.30. The van der Waals surface area contributed by atoms with Crippen molar-refractivity contribution in [1.29, 1.82) is 0 Å². The summed E-state index contributed by atoms with van der Waals surface area (Å²) in [7, 11) is 0. The second-order valence-corrected chi connectivity index (χ2v) is 4.26. The van der Waals surface area contributed by atoms with Crippen LogP contribution in [0.1, 0.15) is 26.2 Å². The molecule has 0 aliphatic carbocycles. The molecule has 0 spiro atoms. The Morgan fingerprint density at radius 1 is 1.53 bits per heavy atom. The number of carboxylic acid groups (broad SMARTS) is 1. The number of hydrogen-bond acceptors (Lipinski definition) is 3. The van der Waals surface area contributed by atoms with Crippen LogP contribution < -0.4 is 10.6 Å². The summed E-state index contributed by atoms with van der Waals surface area (Å²) in [5.41, 5.74) is 0. The number of nitrogens with one attached hydrogen (secondary N) is 2. The highest BCUT2D eigenvalue weighted by molar-refractivity contribution is 5.82. The van der Waals surface area contributed by atoms with E-state index in [9.17, 15) is 9.59 Å². The number of ether oxygens (including phenoxy) is 1.